The van der Waals surface area contributed by atoms with Gasteiger partial charge in [0, 0.05) is 36.7 Å². The van der Waals surface area contributed by atoms with Crippen LogP contribution >= 0.6 is 0 Å². The first-order chi connectivity index (χ1) is 17.4. The Bertz CT molecular complexity index is 913. The minimum absolute atomic E-state index is 0.00362. The van der Waals surface area contributed by atoms with Crippen molar-refractivity contribution in [2.24, 2.45) is 11.1 Å². The molecule has 1 saturated heterocycles. The van der Waals surface area contributed by atoms with E-state index >= 15 is 0 Å². The van der Waals surface area contributed by atoms with E-state index in [1.807, 2.05) is 32.1 Å². The molecule has 4 unspecified atom stereocenters. The molecule has 1 heterocycles. The van der Waals surface area contributed by atoms with Crippen molar-refractivity contribution in [3.05, 3.63) is 77.6 Å². The average molecular weight is 494 g/mol. The van der Waals surface area contributed by atoms with Gasteiger partial charge >= 0.3 is 0 Å². The maximum Gasteiger partial charge on any atom is 0.168 e. The maximum atomic E-state index is 14.1. The SMILES string of the molecule is C=C=CCC=C(/C(=C/C)C(=O)C1(C)CCCOC(c2ccccc2)CC(OCC)CCC1)C(N)CC. The molecule has 0 amide bonds. The van der Waals surface area contributed by atoms with Crippen LogP contribution < -0.4 is 5.73 Å². The second kappa shape index (κ2) is 15.8. The van der Waals surface area contributed by atoms with Crippen molar-refractivity contribution in [3.8, 4) is 0 Å². The molecule has 0 saturated carbocycles. The molecule has 4 heteroatoms. The number of hydrogen-bond acceptors (Lipinski definition) is 4. The molecule has 0 bridgehead atoms. The number of hydrogen-bond donors (Lipinski definition) is 1. The Morgan fingerprint density at radius 1 is 1.28 bits per heavy atom. The summed E-state index contributed by atoms with van der Waals surface area (Å²) in [5.41, 5.74) is 11.7. The molecule has 0 aliphatic carbocycles. The number of ketones is 1. The monoisotopic (exact) mass is 493 g/mol. The zero-order valence-corrected chi connectivity index (χ0v) is 22.9. The van der Waals surface area contributed by atoms with Gasteiger partial charge in [-0.3, -0.25) is 4.79 Å². The normalized spacial score (nSPS) is 25.4. The zero-order valence-electron chi connectivity index (χ0n) is 22.9. The van der Waals surface area contributed by atoms with Crippen LogP contribution in [0.1, 0.15) is 90.7 Å². The highest BCUT2D eigenvalue weighted by atomic mass is 16.5. The standard InChI is InChI=1S/C32H47NO3/c1-6-10-12-20-28(29(33)8-3)27(7-2)31(34)32(5)21-15-19-26(35-9-4)24-30(36-23-16-22-32)25-17-13-11-14-18-25/h7,10-11,13-14,17-18,20,26,29-30H,1,8-9,12,15-16,19,21-24,33H2,2-5H3/b27-7-,28-20?. The Balaban J connectivity index is 2.29. The van der Waals surface area contributed by atoms with E-state index in [1.54, 1.807) is 0 Å². The van der Waals surface area contributed by atoms with Gasteiger partial charge in [-0.15, -0.1) is 5.73 Å². The average Bonchev–Trinajstić information content (AvgIpc) is 2.93. The lowest BCUT2D eigenvalue weighted by molar-refractivity contribution is -0.125. The lowest BCUT2D eigenvalue weighted by Gasteiger charge is -2.31. The van der Waals surface area contributed by atoms with Crippen LogP contribution in [0.15, 0.2) is 72.0 Å². The Morgan fingerprint density at radius 3 is 2.64 bits per heavy atom. The highest BCUT2D eigenvalue weighted by Crippen LogP contribution is 2.38. The van der Waals surface area contributed by atoms with Gasteiger partial charge in [-0.25, -0.2) is 0 Å². The van der Waals surface area contributed by atoms with E-state index in [4.69, 9.17) is 15.2 Å². The molecular formula is C32H47NO3. The number of rotatable bonds is 10. The number of carbonyl (C=O) groups is 1. The molecule has 198 valence electrons. The number of allylic oxidation sites excluding steroid dienone is 3. The summed E-state index contributed by atoms with van der Waals surface area (Å²) in [7, 11) is 0. The van der Waals surface area contributed by atoms with Gasteiger partial charge in [0.1, 0.15) is 0 Å². The van der Waals surface area contributed by atoms with Gasteiger partial charge in [0.05, 0.1) is 12.2 Å². The summed E-state index contributed by atoms with van der Waals surface area (Å²) in [6.07, 6.45) is 12.5. The van der Waals surface area contributed by atoms with Gasteiger partial charge in [-0.05, 0) is 76.0 Å². The van der Waals surface area contributed by atoms with Crippen molar-refractivity contribution >= 4 is 5.78 Å². The minimum Gasteiger partial charge on any atom is -0.378 e. The topological polar surface area (TPSA) is 61.5 Å². The van der Waals surface area contributed by atoms with E-state index < -0.39 is 5.41 Å². The molecule has 0 spiro atoms. The molecule has 1 aromatic carbocycles. The largest absolute Gasteiger partial charge is 0.378 e. The lowest BCUT2D eigenvalue weighted by Crippen LogP contribution is -2.34. The Morgan fingerprint density at radius 2 is 2.00 bits per heavy atom. The summed E-state index contributed by atoms with van der Waals surface area (Å²) in [6, 6.07) is 10.2. The molecule has 0 aromatic heterocycles. The molecule has 4 nitrogen and oxygen atoms in total. The molecular weight excluding hydrogens is 446 g/mol. The second-order valence-electron chi connectivity index (χ2n) is 9.99. The molecule has 1 aliphatic heterocycles. The zero-order chi connectivity index (χ0) is 26.4. The highest BCUT2D eigenvalue weighted by molar-refractivity contribution is 6.03. The lowest BCUT2D eigenvalue weighted by atomic mass is 9.72. The van der Waals surface area contributed by atoms with Gasteiger partial charge in [0.15, 0.2) is 5.78 Å². The van der Waals surface area contributed by atoms with Crippen LogP contribution in [-0.2, 0) is 14.3 Å². The summed E-state index contributed by atoms with van der Waals surface area (Å²) in [4.78, 5) is 14.1. The maximum absolute atomic E-state index is 14.1. The van der Waals surface area contributed by atoms with Gasteiger partial charge in [0.25, 0.3) is 0 Å². The molecule has 2 rings (SSSR count). The molecule has 2 N–H and O–H groups in total. The summed E-state index contributed by atoms with van der Waals surface area (Å²) >= 11 is 0. The van der Waals surface area contributed by atoms with Crippen molar-refractivity contribution in [1.82, 2.24) is 0 Å². The van der Waals surface area contributed by atoms with E-state index in [0.29, 0.717) is 19.6 Å². The Labute approximate surface area is 219 Å². The van der Waals surface area contributed by atoms with Crippen molar-refractivity contribution < 1.29 is 14.3 Å². The number of benzene rings is 1. The van der Waals surface area contributed by atoms with E-state index in [-0.39, 0.29) is 24.0 Å². The fraction of sp³-hybridized carbons (Fsp3) is 0.562. The molecule has 0 radical (unpaired) electrons. The van der Waals surface area contributed by atoms with Crippen molar-refractivity contribution in [2.45, 2.75) is 97.3 Å². The minimum atomic E-state index is -0.477. The highest BCUT2D eigenvalue weighted by Gasteiger charge is 2.36. The predicted octanol–water partition coefficient (Wildman–Crippen LogP) is 7.42. The van der Waals surface area contributed by atoms with Crippen LogP contribution in [0.4, 0.5) is 0 Å². The van der Waals surface area contributed by atoms with E-state index in [0.717, 1.165) is 56.1 Å². The first kappa shape index (κ1) is 30.0. The molecule has 1 fully saturated rings. The fourth-order valence-electron chi connectivity index (χ4n) is 5.18. The van der Waals surface area contributed by atoms with Crippen LogP contribution in [0.2, 0.25) is 0 Å². The number of nitrogens with two attached hydrogens (primary N) is 1. The quantitative estimate of drug-likeness (QED) is 0.209. The smallest absolute Gasteiger partial charge is 0.168 e. The number of Topliss-reactive ketones (excluding diaryl/α,β-unsaturated/α-hetero) is 1. The Hall–Kier alpha value is -2.23. The van der Waals surface area contributed by atoms with Crippen molar-refractivity contribution in [2.75, 3.05) is 13.2 Å². The van der Waals surface area contributed by atoms with Crippen molar-refractivity contribution in [3.63, 3.8) is 0 Å². The van der Waals surface area contributed by atoms with E-state index in [9.17, 15) is 4.79 Å². The number of carbonyl (C=O) groups excluding carboxylic acids is 1. The summed E-state index contributed by atoms with van der Waals surface area (Å²) in [6.45, 7) is 13.1. The van der Waals surface area contributed by atoms with Crippen LogP contribution in [0.5, 0.6) is 0 Å². The molecule has 1 aromatic rings. The summed E-state index contributed by atoms with van der Waals surface area (Å²) in [5.74, 6) is 0.189. The van der Waals surface area contributed by atoms with Gasteiger partial charge in [0.2, 0.25) is 0 Å². The van der Waals surface area contributed by atoms with Crippen LogP contribution in [0.3, 0.4) is 0 Å². The van der Waals surface area contributed by atoms with E-state index in [2.05, 4.69) is 56.5 Å². The van der Waals surface area contributed by atoms with Crippen LogP contribution in [0, 0.1) is 5.41 Å². The third-order valence-corrected chi connectivity index (χ3v) is 7.33. The molecule has 4 atom stereocenters. The van der Waals surface area contributed by atoms with Crippen molar-refractivity contribution in [1.29, 1.82) is 0 Å². The van der Waals surface area contributed by atoms with Gasteiger partial charge in [-0.2, -0.15) is 0 Å². The summed E-state index contributed by atoms with van der Waals surface area (Å²) < 4.78 is 12.5. The van der Waals surface area contributed by atoms with E-state index in [1.165, 1.54) is 5.56 Å². The predicted molar refractivity (Wildman–Crippen MR) is 150 cm³/mol. The molecule has 36 heavy (non-hydrogen) atoms. The third-order valence-electron chi connectivity index (χ3n) is 7.33. The van der Waals surface area contributed by atoms with Gasteiger partial charge in [-0.1, -0.05) is 62.9 Å². The molecule has 1 aliphatic rings. The summed E-state index contributed by atoms with van der Waals surface area (Å²) in [5, 5.41) is 0. The number of ether oxygens (including phenoxy) is 2. The van der Waals surface area contributed by atoms with Crippen LogP contribution in [-0.4, -0.2) is 31.1 Å². The first-order valence-electron chi connectivity index (χ1n) is 13.7. The Kier molecular flexibility index (Phi) is 13.2. The van der Waals surface area contributed by atoms with Gasteiger partial charge < -0.3 is 15.2 Å². The third kappa shape index (κ3) is 8.71. The fourth-order valence-corrected chi connectivity index (χ4v) is 5.18. The second-order valence-corrected chi connectivity index (χ2v) is 9.99. The first-order valence-corrected chi connectivity index (χ1v) is 13.7. The van der Waals surface area contributed by atoms with Crippen LogP contribution in [0.25, 0.3) is 0 Å².